The molecule has 0 saturated carbocycles. The Morgan fingerprint density at radius 3 is 2.22 bits per heavy atom. The van der Waals surface area contributed by atoms with Gasteiger partial charge in [-0.15, -0.1) is 0 Å². The molecule has 1 N–H and O–H groups in total. The largest absolute Gasteiger partial charge is 0.497 e. The van der Waals surface area contributed by atoms with E-state index in [0.717, 1.165) is 15.6 Å². The van der Waals surface area contributed by atoms with Crippen LogP contribution in [0.4, 0.5) is 0 Å². The van der Waals surface area contributed by atoms with Crippen molar-refractivity contribution in [3.8, 4) is 5.75 Å². The van der Waals surface area contributed by atoms with E-state index >= 15 is 0 Å². The van der Waals surface area contributed by atoms with E-state index in [1.807, 2.05) is 38.1 Å². The van der Waals surface area contributed by atoms with Crippen LogP contribution in [0.2, 0.25) is 0 Å². The van der Waals surface area contributed by atoms with E-state index in [1.165, 1.54) is 26.2 Å². The van der Waals surface area contributed by atoms with E-state index in [-0.39, 0.29) is 22.8 Å². The number of carbonyl (C=O) groups is 1. The topological polar surface area (TPSA) is 75.7 Å². The molecule has 0 unspecified atom stereocenters. The van der Waals surface area contributed by atoms with Crippen LogP contribution < -0.4 is 10.1 Å². The van der Waals surface area contributed by atoms with Gasteiger partial charge in [0.2, 0.25) is 10.0 Å². The number of rotatable bonds is 7. The standard InChI is InChI=1S/C20H26N2O4S/c1-14(2)19(15-9-11-17(26-5)12-10-15)21-20(23)16-7-6-8-18(13-16)27(24,25)22(3)4/h6-14,19H,1-5H3,(H,21,23)/t19-/m0/s1. The number of methoxy groups -OCH3 is 1. The molecule has 27 heavy (non-hydrogen) atoms. The van der Waals surface area contributed by atoms with Gasteiger partial charge in [0.15, 0.2) is 0 Å². The first-order valence-corrected chi connectivity index (χ1v) is 10.1. The summed E-state index contributed by atoms with van der Waals surface area (Å²) in [5.74, 6) is 0.575. The molecule has 0 fully saturated rings. The van der Waals surface area contributed by atoms with E-state index in [0.29, 0.717) is 5.56 Å². The second kappa shape index (κ2) is 8.54. The number of ether oxygens (including phenoxy) is 1. The monoisotopic (exact) mass is 390 g/mol. The van der Waals surface area contributed by atoms with Gasteiger partial charge in [-0.25, -0.2) is 12.7 Å². The Morgan fingerprint density at radius 1 is 1.07 bits per heavy atom. The van der Waals surface area contributed by atoms with E-state index in [1.54, 1.807) is 19.2 Å². The summed E-state index contributed by atoms with van der Waals surface area (Å²) in [6, 6.07) is 13.4. The van der Waals surface area contributed by atoms with Gasteiger partial charge in [-0.05, 0) is 41.8 Å². The third kappa shape index (κ3) is 4.87. The Morgan fingerprint density at radius 2 is 1.70 bits per heavy atom. The van der Waals surface area contributed by atoms with Gasteiger partial charge in [-0.3, -0.25) is 4.79 Å². The minimum absolute atomic E-state index is 0.0886. The van der Waals surface area contributed by atoms with Crippen LogP contribution in [-0.4, -0.2) is 39.8 Å². The van der Waals surface area contributed by atoms with Gasteiger partial charge >= 0.3 is 0 Å². The van der Waals surface area contributed by atoms with Crippen molar-refractivity contribution in [3.05, 3.63) is 59.7 Å². The second-order valence-corrected chi connectivity index (χ2v) is 8.94. The lowest BCUT2D eigenvalue weighted by molar-refractivity contribution is 0.0925. The maximum absolute atomic E-state index is 12.8. The smallest absolute Gasteiger partial charge is 0.251 e. The van der Waals surface area contributed by atoms with E-state index in [2.05, 4.69) is 5.32 Å². The molecular formula is C20H26N2O4S. The van der Waals surface area contributed by atoms with Crippen LogP contribution in [0, 0.1) is 5.92 Å². The van der Waals surface area contributed by atoms with Crippen LogP contribution in [0.15, 0.2) is 53.4 Å². The number of carbonyl (C=O) groups excluding carboxylic acids is 1. The molecule has 7 heteroatoms. The highest BCUT2D eigenvalue weighted by Gasteiger charge is 2.22. The maximum Gasteiger partial charge on any atom is 0.251 e. The molecule has 1 amide bonds. The number of nitrogens with zero attached hydrogens (tertiary/aromatic N) is 1. The quantitative estimate of drug-likeness (QED) is 0.788. The summed E-state index contributed by atoms with van der Waals surface area (Å²) in [4.78, 5) is 12.8. The van der Waals surface area contributed by atoms with Crippen LogP contribution >= 0.6 is 0 Å². The number of hydrogen-bond donors (Lipinski definition) is 1. The first-order chi connectivity index (χ1) is 12.7. The van der Waals surface area contributed by atoms with Gasteiger partial charge in [0.05, 0.1) is 18.0 Å². The van der Waals surface area contributed by atoms with Crippen molar-refractivity contribution < 1.29 is 17.9 Å². The molecule has 0 aliphatic carbocycles. The highest BCUT2D eigenvalue weighted by Crippen LogP contribution is 2.25. The predicted octanol–water partition coefficient (Wildman–Crippen LogP) is 3.07. The molecule has 0 aromatic heterocycles. The summed E-state index contributed by atoms with van der Waals surface area (Å²) >= 11 is 0. The molecule has 0 spiro atoms. The molecule has 0 aliphatic heterocycles. The molecule has 0 saturated heterocycles. The van der Waals surface area contributed by atoms with Gasteiger partial charge < -0.3 is 10.1 Å². The van der Waals surface area contributed by atoms with Crippen LogP contribution in [0.5, 0.6) is 5.75 Å². The molecule has 146 valence electrons. The Kier molecular flexibility index (Phi) is 6.62. The molecule has 0 aliphatic rings. The molecule has 0 radical (unpaired) electrons. The van der Waals surface area contributed by atoms with E-state index < -0.39 is 10.0 Å². The summed E-state index contributed by atoms with van der Waals surface area (Å²) in [7, 11) is 0.922. The van der Waals surface area contributed by atoms with Crippen molar-refractivity contribution in [1.82, 2.24) is 9.62 Å². The molecule has 2 rings (SSSR count). The Hall–Kier alpha value is -2.38. The SMILES string of the molecule is COc1ccc([C@@H](NC(=O)c2cccc(S(=O)(=O)N(C)C)c2)C(C)C)cc1. The molecule has 0 heterocycles. The number of nitrogens with one attached hydrogen (secondary N) is 1. The normalized spacial score (nSPS) is 12.9. The number of hydrogen-bond acceptors (Lipinski definition) is 4. The Bertz CT molecular complexity index is 890. The summed E-state index contributed by atoms with van der Waals surface area (Å²) < 4.78 is 30.9. The van der Waals surface area contributed by atoms with Gasteiger partial charge in [0, 0.05) is 19.7 Å². The van der Waals surface area contributed by atoms with Crippen LogP contribution in [0.3, 0.4) is 0 Å². The second-order valence-electron chi connectivity index (χ2n) is 6.78. The van der Waals surface area contributed by atoms with Crippen molar-refractivity contribution >= 4 is 15.9 Å². The summed E-state index contributed by atoms with van der Waals surface area (Å²) in [5, 5.41) is 3.01. The highest BCUT2D eigenvalue weighted by molar-refractivity contribution is 7.89. The summed E-state index contributed by atoms with van der Waals surface area (Å²) in [6.07, 6.45) is 0. The zero-order chi connectivity index (χ0) is 20.2. The fourth-order valence-electron chi connectivity index (χ4n) is 2.68. The van der Waals surface area contributed by atoms with Crippen molar-refractivity contribution in [1.29, 1.82) is 0 Å². The third-order valence-electron chi connectivity index (χ3n) is 4.30. The zero-order valence-electron chi connectivity index (χ0n) is 16.3. The molecule has 0 bridgehead atoms. The average Bonchev–Trinajstić information content (AvgIpc) is 2.65. The van der Waals surface area contributed by atoms with Crippen LogP contribution in [-0.2, 0) is 10.0 Å². The first-order valence-electron chi connectivity index (χ1n) is 8.64. The van der Waals surface area contributed by atoms with E-state index in [4.69, 9.17) is 4.74 Å². The predicted molar refractivity (Wildman–Crippen MR) is 105 cm³/mol. The van der Waals surface area contributed by atoms with Crippen molar-refractivity contribution in [2.24, 2.45) is 5.92 Å². The van der Waals surface area contributed by atoms with Gasteiger partial charge in [0.1, 0.15) is 5.75 Å². The lowest BCUT2D eigenvalue weighted by Crippen LogP contribution is -2.32. The molecule has 1 atom stereocenters. The Balaban J connectivity index is 2.28. The minimum atomic E-state index is -3.60. The summed E-state index contributed by atoms with van der Waals surface area (Å²) in [5.41, 5.74) is 1.26. The third-order valence-corrected chi connectivity index (χ3v) is 6.11. The minimum Gasteiger partial charge on any atom is -0.497 e. The van der Waals surface area contributed by atoms with E-state index in [9.17, 15) is 13.2 Å². The lowest BCUT2D eigenvalue weighted by Gasteiger charge is -2.23. The first kappa shape index (κ1) is 20.9. The van der Waals surface area contributed by atoms with Gasteiger partial charge in [0.25, 0.3) is 5.91 Å². The fraction of sp³-hybridized carbons (Fsp3) is 0.350. The number of sulfonamides is 1. The lowest BCUT2D eigenvalue weighted by atomic mass is 9.95. The van der Waals surface area contributed by atoms with Crippen molar-refractivity contribution in [2.45, 2.75) is 24.8 Å². The average molecular weight is 391 g/mol. The maximum atomic E-state index is 12.8. The zero-order valence-corrected chi connectivity index (χ0v) is 17.1. The van der Waals surface area contributed by atoms with Crippen molar-refractivity contribution in [2.75, 3.05) is 21.2 Å². The van der Waals surface area contributed by atoms with Crippen LogP contribution in [0.1, 0.15) is 35.8 Å². The molecule has 2 aromatic rings. The highest BCUT2D eigenvalue weighted by atomic mass is 32.2. The number of benzene rings is 2. The number of amides is 1. The summed E-state index contributed by atoms with van der Waals surface area (Å²) in [6.45, 7) is 4.03. The molecule has 2 aromatic carbocycles. The van der Waals surface area contributed by atoms with Crippen molar-refractivity contribution in [3.63, 3.8) is 0 Å². The molecular weight excluding hydrogens is 364 g/mol. The van der Waals surface area contributed by atoms with Crippen LogP contribution in [0.25, 0.3) is 0 Å². The Labute approximate surface area is 161 Å². The van der Waals surface area contributed by atoms with Gasteiger partial charge in [-0.1, -0.05) is 32.0 Å². The fourth-order valence-corrected chi connectivity index (χ4v) is 3.63. The molecule has 6 nitrogen and oxygen atoms in total. The van der Waals surface area contributed by atoms with Gasteiger partial charge in [-0.2, -0.15) is 0 Å².